The first-order valence-electron chi connectivity index (χ1n) is 7.60. The Bertz CT molecular complexity index is 742. The Kier molecular flexibility index (Phi) is 4.78. The molecule has 0 spiro atoms. The number of ether oxygens (including phenoxy) is 1. The number of amides is 1. The van der Waals surface area contributed by atoms with Crippen LogP contribution in [0, 0.1) is 0 Å². The van der Waals surface area contributed by atoms with Gasteiger partial charge in [-0.1, -0.05) is 17.7 Å². The monoisotopic (exact) mass is 350 g/mol. The van der Waals surface area contributed by atoms with E-state index in [9.17, 15) is 4.79 Å². The quantitative estimate of drug-likeness (QED) is 0.881. The van der Waals surface area contributed by atoms with Crippen LogP contribution in [0.2, 0.25) is 5.02 Å². The van der Waals surface area contributed by atoms with E-state index in [1.807, 2.05) is 6.07 Å². The predicted octanol–water partition coefficient (Wildman–Crippen LogP) is 3.80. The highest BCUT2D eigenvalue weighted by Crippen LogP contribution is 2.36. The van der Waals surface area contributed by atoms with Crippen molar-refractivity contribution in [2.24, 2.45) is 0 Å². The summed E-state index contributed by atoms with van der Waals surface area (Å²) in [5.41, 5.74) is 8.81. The maximum atomic E-state index is 12.5. The first-order valence-corrected chi connectivity index (χ1v) is 8.80. The zero-order valence-electron chi connectivity index (χ0n) is 12.9. The normalized spacial score (nSPS) is 13.5. The maximum absolute atomic E-state index is 12.5. The molecule has 0 aliphatic heterocycles. The Hall–Kier alpha value is -1.72. The van der Waals surface area contributed by atoms with E-state index < -0.39 is 0 Å². The number of hydrogen-bond acceptors (Lipinski definition) is 4. The second-order valence-corrected chi connectivity index (χ2v) is 7.15. The minimum Gasteiger partial charge on any atom is -0.495 e. The lowest BCUT2D eigenvalue weighted by Gasteiger charge is -2.13. The Morgan fingerprint density at radius 1 is 1.39 bits per heavy atom. The van der Waals surface area contributed by atoms with E-state index in [-0.39, 0.29) is 5.91 Å². The van der Waals surface area contributed by atoms with Crippen molar-refractivity contribution in [2.75, 3.05) is 12.8 Å². The zero-order chi connectivity index (χ0) is 16.4. The van der Waals surface area contributed by atoms with Crippen LogP contribution in [0.1, 0.15) is 39.2 Å². The first-order chi connectivity index (χ1) is 11.1. The second kappa shape index (κ2) is 6.81. The van der Waals surface area contributed by atoms with E-state index in [0.717, 1.165) is 30.4 Å². The Balaban J connectivity index is 1.73. The molecule has 1 aliphatic carbocycles. The van der Waals surface area contributed by atoms with Crippen LogP contribution in [0.4, 0.5) is 5.00 Å². The minimum atomic E-state index is -0.103. The summed E-state index contributed by atoms with van der Waals surface area (Å²) in [5.74, 6) is 0.520. The number of nitrogens with two attached hydrogens (primary N) is 1. The largest absolute Gasteiger partial charge is 0.495 e. The van der Waals surface area contributed by atoms with Crippen molar-refractivity contribution in [2.45, 2.75) is 32.2 Å². The van der Waals surface area contributed by atoms with Crippen molar-refractivity contribution in [1.82, 2.24) is 5.32 Å². The van der Waals surface area contributed by atoms with Gasteiger partial charge >= 0.3 is 0 Å². The van der Waals surface area contributed by atoms with E-state index in [1.54, 1.807) is 30.6 Å². The Morgan fingerprint density at radius 3 is 2.91 bits per heavy atom. The van der Waals surface area contributed by atoms with Crippen LogP contribution >= 0.6 is 22.9 Å². The molecule has 1 amide bonds. The molecule has 3 N–H and O–H groups in total. The van der Waals surface area contributed by atoms with Gasteiger partial charge in [0.05, 0.1) is 22.7 Å². The molecule has 0 fully saturated rings. The number of fused-ring (bicyclic) bond motifs is 1. The number of thiophene rings is 1. The van der Waals surface area contributed by atoms with Gasteiger partial charge in [-0.25, -0.2) is 0 Å². The lowest BCUT2D eigenvalue weighted by Crippen LogP contribution is -2.24. The van der Waals surface area contributed by atoms with Gasteiger partial charge in [-0.2, -0.15) is 0 Å². The molecule has 1 aliphatic rings. The number of rotatable bonds is 4. The number of nitrogen functional groups attached to an aromatic ring is 1. The topological polar surface area (TPSA) is 64.3 Å². The zero-order valence-corrected chi connectivity index (χ0v) is 14.5. The molecular formula is C17H19ClN2O2S. The predicted molar refractivity (Wildman–Crippen MR) is 94.5 cm³/mol. The van der Waals surface area contributed by atoms with Crippen LogP contribution in [0.5, 0.6) is 5.75 Å². The second-order valence-electron chi connectivity index (χ2n) is 5.60. The third-order valence-corrected chi connectivity index (χ3v) is 5.51. The summed E-state index contributed by atoms with van der Waals surface area (Å²) in [6.07, 6.45) is 4.28. The molecule has 1 aromatic heterocycles. The third kappa shape index (κ3) is 3.31. The molecule has 3 rings (SSSR count). The van der Waals surface area contributed by atoms with Gasteiger partial charge in [0.25, 0.3) is 5.91 Å². The number of aryl methyl sites for hydroxylation is 1. The third-order valence-electron chi connectivity index (χ3n) is 4.09. The average Bonchev–Trinajstić information content (AvgIpc) is 2.88. The lowest BCUT2D eigenvalue weighted by molar-refractivity contribution is 0.0951. The van der Waals surface area contributed by atoms with E-state index >= 15 is 0 Å². The summed E-state index contributed by atoms with van der Waals surface area (Å²) in [6.45, 7) is 0.409. The van der Waals surface area contributed by atoms with Gasteiger partial charge in [0.1, 0.15) is 5.75 Å². The molecule has 4 nitrogen and oxygen atoms in total. The van der Waals surface area contributed by atoms with Crippen LogP contribution in [0.3, 0.4) is 0 Å². The van der Waals surface area contributed by atoms with Crippen LogP contribution in [-0.2, 0) is 19.4 Å². The molecule has 2 aromatic rings. The first kappa shape index (κ1) is 16.1. The molecule has 0 saturated carbocycles. The minimum absolute atomic E-state index is 0.103. The van der Waals surface area contributed by atoms with Crippen molar-refractivity contribution in [1.29, 1.82) is 0 Å². The van der Waals surface area contributed by atoms with E-state index in [4.69, 9.17) is 22.1 Å². The van der Waals surface area contributed by atoms with Gasteiger partial charge in [-0.3, -0.25) is 4.79 Å². The molecule has 1 aromatic carbocycles. The molecule has 0 atom stereocenters. The van der Waals surface area contributed by atoms with Gasteiger partial charge in [-0.15, -0.1) is 11.3 Å². The molecule has 0 bridgehead atoms. The van der Waals surface area contributed by atoms with Crippen molar-refractivity contribution in [3.05, 3.63) is 44.8 Å². The molecule has 6 heteroatoms. The Morgan fingerprint density at radius 2 is 2.17 bits per heavy atom. The summed E-state index contributed by atoms with van der Waals surface area (Å²) >= 11 is 7.66. The fraction of sp³-hybridized carbons (Fsp3) is 0.353. The molecule has 1 heterocycles. The summed E-state index contributed by atoms with van der Waals surface area (Å²) in [6, 6.07) is 5.48. The highest BCUT2D eigenvalue weighted by atomic mass is 35.5. The number of nitrogens with one attached hydrogen (secondary N) is 1. The number of anilines is 1. The highest BCUT2D eigenvalue weighted by molar-refractivity contribution is 7.16. The van der Waals surface area contributed by atoms with Crippen LogP contribution in [0.15, 0.2) is 18.2 Å². The lowest BCUT2D eigenvalue weighted by atomic mass is 9.95. The molecule has 0 radical (unpaired) electrons. The summed E-state index contributed by atoms with van der Waals surface area (Å²) in [7, 11) is 1.57. The van der Waals surface area contributed by atoms with Crippen molar-refractivity contribution in [3.8, 4) is 5.75 Å². The highest BCUT2D eigenvalue weighted by Gasteiger charge is 2.23. The standard InChI is InChI=1S/C17H19ClN2O2S/c1-22-13-7-6-10(8-12(13)18)9-20-17(21)15-11-4-2-3-5-14(11)23-16(15)19/h6-8H,2-5,9,19H2,1H3,(H,20,21). The van der Waals surface area contributed by atoms with Crippen LogP contribution in [-0.4, -0.2) is 13.0 Å². The van der Waals surface area contributed by atoms with Crippen LogP contribution in [0.25, 0.3) is 0 Å². The molecule has 23 heavy (non-hydrogen) atoms. The van der Waals surface area contributed by atoms with Gasteiger partial charge in [0.15, 0.2) is 0 Å². The number of benzene rings is 1. The van der Waals surface area contributed by atoms with Crippen LogP contribution < -0.4 is 15.8 Å². The van der Waals surface area contributed by atoms with Gasteiger partial charge < -0.3 is 15.8 Å². The number of methoxy groups -OCH3 is 1. The average molecular weight is 351 g/mol. The van der Waals surface area contributed by atoms with E-state index in [0.29, 0.717) is 27.9 Å². The fourth-order valence-corrected chi connectivity index (χ4v) is 4.36. The maximum Gasteiger partial charge on any atom is 0.254 e. The number of halogens is 1. The molecule has 0 saturated heterocycles. The summed E-state index contributed by atoms with van der Waals surface area (Å²) in [4.78, 5) is 13.8. The molecule has 0 unspecified atom stereocenters. The van der Waals surface area contributed by atoms with Gasteiger partial charge in [-0.05, 0) is 48.9 Å². The van der Waals surface area contributed by atoms with E-state index in [1.165, 1.54) is 11.3 Å². The SMILES string of the molecule is COc1ccc(CNC(=O)c2c(N)sc3c2CCCC3)cc1Cl. The summed E-state index contributed by atoms with van der Waals surface area (Å²) in [5, 5.41) is 4.11. The fourth-order valence-electron chi connectivity index (χ4n) is 2.93. The molecular weight excluding hydrogens is 332 g/mol. The smallest absolute Gasteiger partial charge is 0.254 e. The number of carbonyl (C=O) groups excluding carboxylic acids is 1. The van der Waals surface area contributed by atoms with Gasteiger partial charge in [0.2, 0.25) is 0 Å². The van der Waals surface area contributed by atoms with Crippen molar-refractivity contribution in [3.63, 3.8) is 0 Å². The van der Waals surface area contributed by atoms with Crippen molar-refractivity contribution >= 4 is 33.8 Å². The molecule has 122 valence electrons. The van der Waals surface area contributed by atoms with Gasteiger partial charge in [0, 0.05) is 11.4 Å². The number of hydrogen-bond donors (Lipinski definition) is 2. The van der Waals surface area contributed by atoms with Crippen molar-refractivity contribution < 1.29 is 9.53 Å². The Labute approximate surface area is 144 Å². The van der Waals surface area contributed by atoms with E-state index in [2.05, 4.69) is 5.32 Å². The summed E-state index contributed by atoms with van der Waals surface area (Å²) < 4.78 is 5.13. The number of carbonyl (C=O) groups is 1.